The van der Waals surface area contributed by atoms with Crippen LogP contribution in [0.3, 0.4) is 0 Å². The highest BCUT2D eigenvalue weighted by Crippen LogP contribution is 2.32. The molecule has 1 nitrogen and oxygen atoms in total. The predicted octanol–water partition coefficient (Wildman–Crippen LogP) is 4.49. The van der Waals surface area contributed by atoms with Crippen molar-refractivity contribution in [3.8, 4) is 0 Å². The molecular weight excluding hydrogens is 316 g/mol. The highest BCUT2D eigenvalue weighted by molar-refractivity contribution is 9.10. The van der Waals surface area contributed by atoms with Crippen LogP contribution in [0.5, 0.6) is 0 Å². The van der Waals surface area contributed by atoms with Crippen molar-refractivity contribution in [2.24, 2.45) is 0 Å². The molecular formula is C13H11BrOS2. The van der Waals surface area contributed by atoms with E-state index in [1.807, 2.05) is 11.4 Å². The van der Waals surface area contributed by atoms with Crippen LogP contribution >= 0.6 is 38.6 Å². The monoisotopic (exact) mass is 326 g/mol. The Balaban J connectivity index is 1.80. The summed E-state index contributed by atoms with van der Waals surface area (Å²) in [7, 11) is 0. The van der Waals surface area contributed by atoms with Gasteiger partial charge in [-0.2, -0.15) is 0 Å². The lowest BCUT2D eigenvalue weighted by Crippen LogP contribution is -2.00. The molecule has 3 rings (SSSR count). The second kappa shape index (κ2) is 4.67. The van der Waals surface area contributed by atoms with Gasteiger partial charge in [-0.1, -0.05) is 0 Å². The normalized spacial score (nSPS) is 13.9. The summed E-state index contributed by atoms with van der Waals surface area (Å²) in [6.45, 7) is 0. The molecule has 0 amide bonds. The molecule has 1 aliphatic carbocycles. The molecule has 0 radical (unpaired) electrons. The van der Waals surface area contributed by atoms with Gasteiger partial charge in [0.2, 0.25) is 0 Å². The van der Waals surface area contributed by atoms with Crippen LogP contribution in [0.15, 0.2) is 22.0 Å². The molecule has 1 aliphatic rings. The predicted molar refractivity (Wildman–Crippen MR) is 76.4 cm³/mol. The smallest absolute Gasteiger partial charge is 0.178 e. The fraction of sp³-hybridized carbons (Fsp3) is 0.308. The van der Waals surface area contributed by atoms with Gasteiger partial charge in [-0.05, 0) is 58.3 Å². The molecule has 0 saturated heterocycles. The van der Waals surface area contributed by atoms with Gasteiger partial charge >= 0.3 is 0 Å². The van der Waals surface area contributed by atoms with Gasteiger partial charge in [0, 0.05) is 20.6 Å². The highest BCUT2D eigenvalue weighted by atomic mass is 79.9. The zero-order chi connectivity index (χ0) is 11.8. The van der Waals surface area contributed by atoms with Crippen molar-refractivity contribution in [1.29, 1.82) is 0 Å². The van der Waals surface area contributed by atoms with E-state index in [4.69, 9.17) is 0 Å². The third kappa shape index (κ3) is 2.26. The van der Waals surface area contributed by atoms with Gasteiger partial charge in [0.05, 0.1) is 4.88 Å². The average molecular weight is 327 g/mol. The number of rotatable bonds is 3. The maximum absolute atomic E-state index is 12.2. The minimum atomic E-state index is 0.257. The zero-order valence-electron chi connectivity index (χ0n) is 9.16. The summed E-state index contributed by atoms with van der Waals surface area (Å²) < 4.78 is 1.06. The Morgan fingerprint density at radius 2 is 2.29 bits per heavy atom. The van der Waals surface area contributed by atoms with Crippen molar-refractivity contribution >= 4 is 44.4 Å². The van der Waals surface area contributed by atoms with Crippen LogP contribution in [0, 0.1) is 0 Å². The van der Waals surface area contributed by atoms with Crippen LogP contribution in [0.2, 0.25) is 0 Å². The number of carbonyl (C=O) groups excluding carboxylic acids is 1. The van der Waals surface area contributed by atoms with Crippen molar-refractivity contribution in [3.63, 3.8) is 0 Å². The number of ketones is 1. The molecule has 0 unspecified atom stereocenters. The minimum Gasteiger partial charge on any atom is -0.293 e. The first-order valence-corrected chi connectivity index (χ1v) is 8.09. The van der Waals surface area contributed by atoms with Crippen LogP contribution in [0.25, 0.3) is 0 Å². The molecule has 0 bridgehead atoms. The summed E-state index contributed by atoms with van der Waals surface area (Å²) in [5.74, 6) is 0.257. The van der Waals surface area contributed by atoms with E-state index in [1.165, 1.54) is 16.9 Å². The van der Waals surface area contributed by atoms with E-state index in [9.17, 15) is 4.79 Å². The molecule has 0 aromatic carbocycles. The van der Waals surface area contributed by atoms with E-state index in [1.54, 1.807) is 22.7 Å². The van der Waals surface area contributed by atoms with Gasteiger partial charge < -0.3 is 0 Å². The molecule has 0 N–H and O–H groups in total. The molecule has 0 fully saturated rings. The van der Waals surface area contributed by atoms with Crippen LogP contribution in [0.4, 0.5) is 0 Å². The van der Waals surface area contributed by atoms with Crippen molar-refractivity contribution in [3.05, 3.63) is 42.2 Å². The summed E-state index contributed by atoms with van der Waals surface area (Å²) in [5, 5.41) is 2.01. The van der Waals surface area contributed by atoms with Gasteiger partial charge in [0.25, 0.3) is 0 Å². The second-order valence-corrected chi connectivity index (χ2v) is 7.20. The van der Waals surface area contributed by atoms with E-state index in [0.717, 1.165) is 27.1 Å². The number of carbonyl (C=O) groups is 1. The summed E-state index contributed by atoms with van der Waals surface area (Å²) in [6, 6.07) is 4.11. The molecule has 2 heterocycles. The largest absolute Gasteiger partial charge is 0.293 e. The van der Waals surface area contributed by atoms with Crippen molar-refractivity contribution < 1.29 is 4.79 Å². The molecule has 2 aromatic rings. The number of fused-ring (bicyclic) bond motifs is 1. The second-order valence-electron chi connectivity index (χ2n) is 4.20. The molecule has 4 heteroatoms. The number of Topliss-reactive ketones (excluding diaryl/α,β-unsaturated/α-hetero) is 1. The fourth-order valence-electron chi connectivity index (χ4n) is 2.15. The molecule has 88 valence electrons. The Labute approximate surface area is 117 Å². The van der Waals surface area contributed by atoms with Crippen LogP contribution in [0.1, 0.15) is 31.4 Å². The zero-order valence-corrected chi connectivity index (χ0v) is 12.4. The van der Waals surface area contributed by atoms with E-state index in [0.29, 0.717) is 6.42 Å². The summed E-state index contributed by atoms with van der Waals surface area (Å²) in [4.78, 5) is 15.7. The lowest BCUT2D eigenvalue weighted by atomic mass is 10.2. The third-order valence-corrected chi connectivity index (χ3v) is 6.24. The van der Waals surface area contributed by atoms with E-state index in [-0.39, 0.29) is 5.78 Å². The lowest BCUT2D eigenvalue weighted by Gasteiger charge is -1.97. The molecule has 0 saturated carbocycles. The Morgan fingerprint density at radius 1 is 1.41 bits per heavy atom. The summed E-state index contributed by atoms with van der Waals surface area (Å²) in [6.07, 6.45) is 4.10. The lowest BCUT2D eigenvalue weighted by molar-refractivity contribution is 0.0997. The van der Waals surface area contributed by atoms with Gasteiger partial charge in [0.15, 0.2) is 5.78 Å². The number of halogens is 1. The Morgan fingerprint density at radius 3 is 3.00 bits per heavy atom. The Kier molecular flexibility index (Phi) is 3.19. The SMILES string of the molecule is O=C(Cc1sccc1Br)c1cc2c(s1)CCC2. The van der Waals surface area contributed by atoms with Crippen molar-refractivity contribution in [2.75, 3.05) is 0 Å². The Hall–Kier alpha value is -0.450. The first-order valence-electron chi connectivity index (χ1n) is 5.60. The highest BCUT2D eigenvalue weighted by Gasteiger charge is 2.19. The quantitative estimate of drug-likeness (QED) is 0.759. The fourth-order valence-corrected chi connectivity index (χ4v) is 4.83. The first-order chi connectivity index (χ1) is 8.24. The molecule has 0 spiro atoms. The van der Waals surface area contributed by atoms with Crippen molar-refractivity contribution in [2.45, 2.75) is 25.7 Å². The van der Waals surface area contributed by atoms with Crippen molar-refractivity contribution in [1.82, 2.24) is 0 Å². The van der Waals surface area contributed by atoms with E-state index in [2.05, 4.69) is 22.0 Å². The van der Waals surface area contributed by atoms with Gasteiger partial charge in [0.1, 0.15) is 0 Å². The maximum atomic E-state index is 12.2. The number of thiophene rings is 2. The third-order valence-electron chi connectivity index (χ3n) is 3.03. The van der Waals surface area contributed by atoms with Gasteiger partial charge in [-0.25, -0.2) is 0 Å². The summed E-state index contributed by atoms with van der Waals surface area (Å²) >= 11 is 6.81. The summed E-state index contributed by atoms with van der Waals surface area (Å²) in [5.41, 5.74) is 1.41. The topological polar surface area (TPSA) is 17.1 Å². The maximum Gasteiger partial charge on any atom is 0.178 e. The van der Waals surface area contributed by atoms with Gasteiger partial charge in [-0.15, -0.1) is 22.7 Å². The molecule has 2 aromatic heterocycles. The van der Waals surface area contributed by atoms with E-state index >= 15 is 0 Å². The molecule has 0 atom stereocenters. The standard InChI is InChI=1S/C13H11BrOS2/c14-9-4-5-16-12(9)7-10(15)13-6-8-2-1-3-11(8)17-13/h4-6H,1-3,7H2. The number of aryl methyl sites for hydroxylation is 2. The average Bonchev–Trinajstić information content (AvgIpc) is 2.93. The number of hydrogen-bond acceptors (Lipinski definition) is 3. The number of hydrogen-bond donors (Lipinski definition) is 0. The molecule has 0 aliphatic heterocycles. The van der Waals surface area contributed by atoms with Crippen LogP contribution in [-0.4, -0.2) is 5.78 Å². The Bertz CT molecular complexity index is 546. The van der Waals surface area contributed by atoms with E-state index < -0.39 is 0 Å². The van der Waals surface area contributed by atoms with Gasteiger partial charge in [-0.3, -0.25) is 4.79 Å². The minimum absolute atomic E-state index is 0.257. The van der Waals surface area contributed by atoms with Crippen LogP contribution in [-0.2, 0) is 19.3 Å². The van der Waals surface area contributed by atoms with Crippen LogP contribution < -0.4 is 0 Å². The molecule has 17 heavy (non-hydrogen) atoms. The first kappa shape index (κ1) is 11.6.